The minimum Gasteiger partial charge on any atom is -0.492 e. The molecule has 0 heterocycles. The lowest BCUT2D eigenvalue weighted by atomic mass is 10.2. The molecule has 1 aromatic carbocycles. The van der Waals surface area contributed by atoms with Gasteiger partial charge in [0.15, 0.2) is 0 Å². The van der Waals surface area contributed by atoms with Gasteiger partial charge in [-0.25, -0.2) is 13.6 Å². The van der Waals surface area contributed by atoms with Gasteiger partial charge in [0.1, 0.15) is 10.6 Å². The average Bonchev–Trinajstić information content (AvgIpc) is 2.16. The van der Waals surface area contributed by atoms with E-state index < -0.39 is 10.0 Å². The fourth-order valence-electron chi connectivity index (χ4n) is 1.26. The third-order valence-corrected chi connectivity index (χ3v) is 3.11. The van der Waals surface area contributed by atoms with Crippen molar-refractivity contribution in [1.82, 2.24) is 0 Å². The lowest BCUT2D eigenvalue weighted by Crippen LogP contribution is -2.16. The van der Waals surface area contributed by atoms with Gasteiger partial charge in [-0.1, -0.05) is 12.1 Å². The Morgan fingerprint density at radius 3 is 2.60 bits per heavy atom. The first-order valence-corrected chi connectivity index (χ1v) is 6.42. The van der Waals surface area contributed by atoms with E-state index in [2.05, 4.69) is 0 Å². The van der Waals surface area contributed by atoms with Gasteiger partial charge in [0.2, 0.25) is 10.0 Å². The van der Waals surface area contributed by atoms with Gasteiger partial charge in [0, 0.05) is 5.88 Å². The van der Waals surface area contributed by atoms with Crippen LogP contribution in [0.4, 0.5) is 0 Å². The summed E-state index contributed by atoms with van der Waals surface area (Å²) in [5.74, 6) is 0.324. The van der Waals surface area contributed by atoms with Gasteiger partial charge in [0.05, 0.1) is 6.61 Å². The van der Waals surface area contributed by atoms with Crippen LogP contribution < -0.4 is 9.88 Å². The Morgan fingerprint density at radius 2 is 2.13 bits per heavy atom. The highest BCUT2D eigenvalue weighted by Crippen LogP contribution is 2.27. The molecule has 0 unspecified atom stereocenters. The van der Waals surface area contributed by atoms with Gasteiger partial charge >= 0.3 is 0 Å². The molecule has 0 aliphatic rings. The largest absolute Gasteiger partial charge is 0.492 e. The predicted octanol–water partition coefficient (Wildman–Crippen LogP) is 1.47. The minimum absolute atomic E-state index is 0.0261. The molecule has 0 bridgehead atoms. The molecule has 0 aromatic heterocycles. The van der Waals surface area contributed by atoms with Crippen molar-refractivity contribution >= 4 is 21.6 Å². The van der Waals surface area contributed by atoms with Crippen molar-refractivity contribution < 1.29 is 13.2 Å². The second-order valence-corrected chi connectivity index (χ2v) is 4.62. The highest BCUT2D eigenvalue weighted by molar-refractivity contribution is 7.89. The first-order valence-electron chi connectivity index (χ1n) is 4.34. The van der Waals surface area contributed by atoms with Crippen LogP contribution in [0.1, 0.15) is 12.5 Å². The maximum atomic E-state index is 11.3. The lowest BCUT2D eigenvalue weighted by Gasteiger charge is -2.11. The summed E-state index contributed by atoms with van der Waals surface area (Å²) >= 11 is 5.63. The lowest BCUT2D eigenvalue weighted by molar-refractivity contribution is 0.330. The monoisotopic (exact) mass is 249 g/mol. The molecule has 0 spiro atoms. The van der Waals surface area contributed by atoms with Crippen molar-refractivity contribution in [2.45, 2.75) is 17.7 Å². The van der Waals surface area contributed by atoms with Crippen LogP contribution in [-0.4, -0.2) is 15.0 Å². The van der Waals surface area contributed by atoms with Crippen molar-refractivity contribution in [2.24, 2.45) is 5.14 Å². The van der Waals surface area contributed by atoms with Crippen LogP contribution >= 0.6 is 11.6 Å². The Balaban J connectivity index is 3.41. The summed E-state index contributed by atoms with van der Waals surface area (Å²) in [7, 11) is -3.81. The molecular weight excluding hydrogens is 238 g/mol. The van der Waals surface area contributed by atoms with E-state index in [4.69, 9.17) is 21.5 Å². The van der Waals surface area contributed by atoms with Gasteiger partial charge in [-0.05, 0) is 18.6 Å². The molecule has 0 radical (unpaired) electrons. The maximum absolute atomic E-state index is 11.3. The SMILES string of the molecule is CCOc1cccc(CCl)c1S(N)(=O)=O. The maximum Gasteiger partial charge on any atom is 0.242 e. The van der Waals surface area contributed by atoms with Crippen molar-refractivity contribution in [1.29, 1.82) is 0 Å². The van der Waals surface area contributed by atoms with E-state index in [9.17, 15) is 8.42 Å². The van der Waals surface area contributed by atoms with Crippen LogP contribution in [-0.2, 0) is 15.9 Å². The molecule has 0 aliphatic heterocycles. The molecular formula is C9H12ClNO3S. The number of alkyl halides is 1. The third-order valence-electron chi connectivity index (χ3n) is 1.79. The van der Waals surface area contributed by atoms with Crippen LogP contribution in [0.25, 0.3) is 0 Å². The van der Waals surface area contributed by atoms with E-state index in [1.165, 1.54) is 0 Å². The number of primary sulfonamides is 1. The minimum atomic E-state index is -3.81. The summed E-state index contributed by atoms with van der Waals surface area (Å²) < 4.78 is 27.9. The summed E-state index contributed by atoms with van der Waals surface area (Å²) in [5.41, 5.74) is 0.449. The number of ether oxygens (including phenoxy) is 1. The average molecular weight is 250 g/mol. The number of rotatable bonds is 4. The normalized spacial score (nSPS) is 11.4. The molecule has 6 heteroatoms. The summed E-state index contributed by atoms with van der Waals surface area (Å²) in [5, 5.41) is 5.10. The number of benzene rings is 1. The molecule has 0 saturated heterocycles. The zero-order valence-corrected chi connectivity index (χ0v) is 9.81. The summed E-state index contributed by atoms with van der Waals surface area (Å²) in [6, 6.07) is 4.84. The summed E-state index contributed by atoms with van der Waals surface area (Å²) in [4.78, 5) is -0.0261. The van der Waals surface area contributed by atoms with Crippen molar-refractivity contribution in [3.05, 3.63) is 23.8 Å². The number of sulfonamides is 1. The zero-order chi connectivity index (χ0) is 11.5. The van der Waals surface area contributed by atoms with Crippen LogP contribution in [0.3, 0.4) is 0 Å². The van der Waals surface area contributed by atoms with Crippen molar-refractivity contribution in [3.8, 4) is 5.75 Å². The van der Waals surface area contributed by atoms with Crippen LogP contribution in [0.5, 0.6) is 5.75 Å². The smallest absolute Gasteiger partial charge is 0.242 e. The van der Waals surface area contributed by atoms with Crippen molar-refractivity contribution in [3.63, 3.8) is 0 Å². The number of halogens is 1. The quantitative estimate of drug-likeness (QED) is 0.822. The van der Waals surface area contributed by atoms with Gasteiger partial charge in [0.25, 0.3) is 0 Å². The molecule has 1 aromatic rings. The zero-order valence-electron chi connectivity index (χ0n) is 8.23. The topological polar surface area (TPSA) is 69.4 Å². The fraction of sp³-hybridized carbons (Fsp3) is 0.333. The first kappa shape index (κ1) is 12.3. The molecule has 15 heavy (non-hydrogen) atoms. The molecule has 0 fully saturated rings. The Kier molecular flexibility index (Phi) is 3.96. The highest BCUT2D eigenvalue weighted by atomic mass is 35.5. The molecule has 0 saturated carbocycles. The molecule has 0 amide bonds. The summed E-state index contributed by atoms with van der Waals surface area (Å²) in [6.07, 6.45) is 0. The first-order chi connectivity index (χ1) is 7.00. The van der Waals surface area contributed by atoms with Gasteiger partial charge < -0.3 is 4.74 Å². The molecule has 0 atom stereocenters. The predicted molar refractivity (Wildman–Crippen MR) is 58.5 cm³/mol. The van der Waals surface area contributed by atoms with E-state index >= 15 is 0 Å². The van der Waals surface area contributed by atoms with Crippen LogP contribution in [0.15, 0.2) is 23.1 Å². The van der Waals surface area contributed by atoms with E-state index in [0.717, 1.165) is 0 Å². The molecule has 1 rings (SSSR count). The number of hydrogen-bond acceptors (Lipinski definition) is 3. The second kappa shape index (κ2) is 4.83. The second-order valence-electron chi connectivity index (χ2n) is 2.86. The standard InChI is InChI=1S/C9H12ClNO3S/c1-2-14-8-5-3-4-7(6-10)9(8)15(11,12)13/h3-5H,2,6H2,1H3,(H2,11,12,13). The third kappa shape index (κ3) is 2.84. The molecule has 84 valence electrons. The van der Waals surface area contributed by atoms with E-state index in [1.54, 1.807) is 25.1 Å². The van der Waals surface area contributed by atoms with Crippen molar-refractivity contribution in [2.75, 3.05) is 6.61 Å². The van der Waals surface area contributed by atoms with Gasteiger partial charge in [-0.2, -0.15) is 0 Å². The van der Waals surface area contributed by atoms with Crippen LogP contribution in [0, 0.1) is 0 Å². The van der Waals surface area contributed by atoms with E-state index in [-0.39, 0.29) is 16.5 Å². The Hall–Kier alpha value is -0.780. The van der Waals surface area contributed by atoms with E-state index in [1.807, 2.05) is 0 Å². The Morgan fingerprint density at radius 1 is 1.47 bits per heavy atom. The fourth-order valence-corrected chi connectivity index (χ4v) is 2.47. The Labute approximate surface area is 94.0 Å². The summed E-state index contributed by atoms with van der Waals surface area (Å²) in [6.45, 7) is 2.13. The van der Waals surface area contributed by atoms with E-state index in [0.29, 0.717) is 12.2 Å². The number of hydrogen-bond donors (Lipinski definition) is 1. The van der Waals surface area contributed by atoms with Gasteiger partial charge in [-0.15, -0.1) is 11.6 Å². The number of nitrogens with two attached hydrogens (primary N) is 1. The molecule has 4 nitrogen and oxygen atoms in total. The van der Waals surface area contributed by atoms with Gasteiger partial charge in [-0.3, -0.25) is 0 Å². The van der Waals surface area contributed by atoms with Crippen LogP contribution in [0.2, 0.25) is 0 Å². The Bertz CT molecular complexity index is 445. The molecule has 2 N–H and O–H groups in total. The highest BCUT2D eigenvalue weighted by Gasteiger charge is 2.19. The molecule has 0 aliphatic carbocycles.